The van der Waals surface area contributed by atoms with Crippen LogP contribution in [0.4, 0.5) is 5.13 Å². The zero-order valence-electron chi connectivity index (χ0n) is 21.8. The van der Waals surface area contributed by atoms with Crippen molar-refractivity contribution in [3.8, 4) is 17.2 Å². The van der Waals surface area contributed by atoms with Crippen molar-refractivity contribution in [3.63, 3.8) is 0 Å². The van der Waals surface area contributed by atoms with Gasteiger partial charge in [0.2, 0.25) is 0 Å². The first-order chi connectivity index (χ1) is 19.0. The van der Waals surface area contributed by atoms with Crippen molar-refractivity contribution in [1.82, 2.24) is 4.98 Å². The maximum Gasteiger partial charge on any atom is 0.301 e. The lowest BCUT2D eigenvalue weighted by molar-refractivity contribution is -0.132. The first-order valence-corrected chi connectivity index (χ1v) is 13.4. The molecule has 1 saturated heterocycles. The van der Waals surface area contributed by atoms with E-state index in [1.165, 1.54) is 23.3 Å². The molecule has 9 heteroatoms. The number of nitrogens with zero attached hydrogens (tertiary/aromatic N) is 2. The van der Waals surface area contributed by atoms with Crippen molar-refractivity contribution in [2.75, 3.05) is 25.7 Å². The molecule has 8 nitrogen and oxygen atoms in total. The summed E-state index contributed by atoms with van der Waals surface area (Å²) in [5.74, 6) is -0.147. The number of carbonyl (C=O) groups is 2. The Hall–Kier alpha value is -4.37. The molecule has 200 valence electrons. The molecule has 1 amide bonds. The number of Topliss-reactive ketones (excluding diaryl/α,β-unsaturated/α-hetero) is 1. The van der Waals surface area contributed by atoms with Crippen molar-refractivity contribution >= 4 is 44.1 Å². The van der Waals surface area contributed by atoms with E-state index in [-0.39, 0.29) is 11.3 Å². The second-order valence-corrected chi connectivity index (χ2v) is 9.99. The van der Waals surface area contributed by atoms with E-state index >= 15 is 0 Å². The van der Waals surface area contributed by atoms with Crippen LogP contribution in [0.2, 0.25) is 0 Å². The van der Waals surface area contributed by atoms with E-state index in [9.17, 15) is 14.7 Å². The summed E-state index contributed by atoms with van der Waals surface area (Å²) in [7, 11) is 3.11. The monoisotopic (exact) mass is 544 g/mol. The average molecular weight is 545 g/mol. The summed E-state index contributed by atoms with van der Waals surface area (Å²) in [6.45, 7) is 2.62. The summed E-state index contributed by atoms with van der Waals surface area (Å²) in [6, 6.07) is 18.5. The van der Waals surface area contributed by atoms with Gasteiger partial charge in [-0.1, -0.05) is 61.1 Å². The van der Waals surface area contributed by atoms with Gasteiger partial charge in [-0.2, -0.15) is 0 Å². The van der Waals surface area contributed by atoms with Gasteiger partial charge in [-0.25, -0.2) is 4.98 Å². The van der Waals surface area contributed by atoms with Gasteiger partial charge in [0.1, 0.15) is 11.5 Å². The number of benzene rings is 3. The van der Waals surface area contributed by atoms with Gasteiger partial charge in [-0.15, -0.1) is 0 Å². The number of anilines is 1. The summed E-state index contributed by atoms with van der Waals surface area (Å²) >= 11 is 1.27. The fourth-order valence-electron chi connectivity index (χ4n) is 4.52. The Morgan fingerprint density at radius 1 is 1.00 bits per heavy atom. The highest BCUT2D eigenvalue weighted by atomic mass is 32.1. The number of hydrogen-bond acceptors (Lipinski definition) is 8. The molecule has 5 rings (SSSR count). The normalized spacial score (nSPS) is 16.6. The number of ether oxygens (including phenoxy) is 3. The van der Waals surface area contributed by atoms with Crippen LogP contribution < -0.4 is 19.1 Å². The minimum Gasteiger partial charge on any atom is -0.507 e. The number of fused-ring (bicyclic) bond motifs is 1. The van der Waals surface area contributed by atoms with Crippen molar-refractivity contribution in [2.45, 2.75) is 25.8 Å². The molecule has 0 radical (unpaired) electrons. The lowest BCUT2D eigenvalue weighted by Crippen LogP contribution is -2.29. The van der Waals surface area contributed by atoms with Crippen molar-refractivity contribution in [1.29, 1.82) is 0 Å². The number of methoxy groups -OCH3 is 2. The molecule has 1 atom stereocenters. The highest BCUT2D eigenvalue weighted by Crippen LogP contribution is 2.46. The Kier molecular flexibility index (Phi) is 7.51. The third-order valence-electron chi connectivity index (χ3n) is 6.54. The Balaban J connectivity index is 1.68. The molecule has 1 aliphatic rings. The molecule has 0 bridgehead atoms. The maximum atomic E-state index is 13.5. The zero-order chi connectivity index (χ0) is 27.5. The van der Waals surface area contributed by atoms with E-state index in [0.29, 0.717) is 45.6 Å². The number of aromatic nitrogens is 1. The highest BCUT2D eigenvalue weighted by Gasteiger charge is 2.48. The van der Waals surface area contributed by atoms with Crippen LogP contribution in [0.1, 0.15) is 36.9 Å². The Morgan fingerprint density at radius 3 is 2.51 bits per heavy atom. The standard InChI is InChI=1S/C30H28N2O6S/c1-4-5-15-38-22-14-11-19(16-23(22)37-3)26-25(27(33)18-9-7-6-8-10-18)28(34)29(35)32(26)30-31-21-13-12-20(36-2)17-24(21)39-30/h6-14,16-17,26,33H,4-5,15H2,1-3H3/b27-25+. The van der Waals surface area contributed by atoms with Gasteiger partial charge < -0.3 is 19.3 Å². The molecule has 1 unspecified atom stereocenters. The van der Waals surface area contributed by atoms with Crippen LogP contribution in [0, 0.1) is 0 Å². The molecule has 0 aliphatic carbocycles. The van der Waals surface area contributed by atoms with E-state index in [1.807, 2.05) is 12.1 Å². The van der Waals surface area contributed by atoms with Gasteiger partial charge in [0.15, 0.2) is 16.6 Å². The molecule has 1 fully saturated rings. The number of hydrogen-bond donors (Lipinski definition) is 1. The van der Waals surface area contributed by atoms with Crippen LogP contribution in [0.25, 0.3) is 16.0 Å². The lowest BCUT2D eigenvalue weighted by Gasteiger charge is -2.24. The molecule has 1 aliphatic heterocycles. The van der Waals surface area contributed by atoms with Gasteiger partial charge >= 0.3 is 5.91 Å². The van der Waals surface area contributed by atoms with Crippen LogP contribution in [0.15, 0.2) is 72.3 Å². The number of unbranched alkanes of at least 4 members (excludes halogenated alkanes) is 1. The predicted octanol–water partition coefficient (Wildman–Crippen LogP) is 6.12. The summed E-state index contributed by atoms with van der Waals surface area (Å²) in [4.78, 5) is 33.0. The SMILES string of the molecule is CCCCOc1ccc(C2/C(=C(\O)c3ccccc3)C(=O)C(=O)N2c2nc3ccc(OC)cc3s2)cc1OC. The van der Waals surface area contributed by atoms with Crippen LogP contribution >= 0.6 is 11.3 Å². The third kappa shape index (κ3) is 4.93. The number of amides is 1. The van der Waals surface area contributed by atoms with Crippen LogP contribution in [0.5, 0.6) is 17.2 Å². The summed E-state index contributed by atoms with van der Waals surface area (Å²) < 4.78 is 17.6. The average Bonchev–Trinajstić information content (AvgIpc) is 3.50. The van der Waals surface area contributed by atoms with Gasteiger partial charge in [-0.3, -0.25) is 14.5 Å². The smallest absolute Gasteiger partial charge is 0.301 e. The second kappa shape index (κ2) is 11.2. The molecular formula is C30H28N2O6S. The second-order valence-electron chi connectivity index (χ2n) is 8.98. The highest BCUT2D eigenvalue weighted by molar-refractivity contribution is 7.22. The van der Waals surface area contributed by atoms with E-state index in [4.69, 9.17) is 14.2 Å². The molecular weight excluding hydrogens is 516 g/mol. The fraction of sp³-hybridized carbons (Fsp3) is 0.233. The lowest BCUT2D eigenvalue weighted by atomic mass is 9.95. The molecule has 2 heterocycles. The van der Waals surface area contributed by atoms with Crippen LogP contribution in [-0.2, 0) is 9.59 Å². The molecule has 1 N–H and O–H groups in total. The predicted molar refractivity (Wildman–Crippen MR) is 151 cm³/mol. The molecule has 39 heavy (non-hydrogen) atoms. The quantitative estimate of drug-likeness (QED) is 0.117. The summed E-state index contributed by atoms with van der Waals surface area (Å²) in [6.07, 6.45) is 1.88. The largest absolute Gasteiger partial charge is 0.507 e. The number of aliphatic hydroxyl groups is 1. The number of rotatable bonds is 9. The Morgan fingerprint density at radius 2 is 1.79 bits per heavy atom. The number of carbonyl (C=O) groups excluding carboxylic acids is 2. The van der Waals surface area contributed by atoms with Gasteiger partial charge in [0, 0.05) is 5.56 Å². The molecule has 0 saturated carbocycles. The zero-order valence-corrected chi connectivity index (χ0v) is 22.7. The van der Waals surface area contributed by atoms with Crippen molar-refractivity contribution in [2.24, 2.45) is 0 Å². The molecule has 0 spiro atoms. The van der Waals surface area contributed by atoms with Gasteiger partial charge in [0.25, 0.3) is 5.78 Å². The number of ketones is 1. The van der Waals surface area contributed by atoms with E-state index in [0.717, 1.165) is 17.5 Å². The van der Waals surface area contributed by atoms with E-state index in [2.05, 4.69) is 11.9 Å². The number of aliphatic hydroxyl groups excluding tert-OH is 1. The Labute approximate surface area is 230 Å². The Bertz CT molecular complexity index is 1560. The fourth-order valence-corrected chi connectivity index (χ4v) is 5.54. The minimum atomic E-state index is -0.939. The molecule has 4 aromatic rings. The van der Waals surface area contributed by atoms with Crippen LogP contribution in [-0.4, -0.2) is 42.6 Å². The van der Waals surface area contributed by atoms with E-state index < -0.39 is 17.7 Å². The third-order valence-corrected chi connectivity index (χ3v) is 7.56. The van der Waals surface area contributed by atoms with Crippen LogP contribution in [0.3, 0.4) is 0 Å². The number of thiazole rings is 1. The minimum absolute atomic E-state index is 0.0234. The van der Waals surface area contributed by atoms with Gasteiger partial charge in [-0.05, 0) is 42.3 Å². The first kappa shape index (κ1) is 26.2. The summed E-state index contributed by atoms with van der Waals surface area (Å²) in [5.41, 5.74) is 1.64. The molecule has 1 aromatic heterocycles. The van der Waals surface area contributed by atoms with Gasteiger partial charge in [0.05, 0.1) is 42.7 Å². The van der Waals surface area contributed by atoms with Crippen molar-refractivity contribution in [3.05, 3.63) is 83.4 Å². The topological polar surface area (TPSA) is 98.2 Å². The first-order valence-electron chi connectivity index (χ1n) is 12.6. The summed E-state index contributed by atoms with van der Waals surface area (Å²) in [5, 5.41) is 11.7. The maximum absolute atomic E-state index is 13.5. The van der Waals surface area contributed by atoms with Crippen molar-refractivity contribution < 1.29 is 28.9 Å². The van der Waals surface area contributed by atoms with E-state index in [1.54, 1.807) is 61.7 Å². The molecule has 3 aromatic carbocycles.